The van der Waals surface area contributed by atoms with Gasteiger partial charge in [-0.25, -0.2) is 9.97 Å². The van der Waals surface area contributed by atoms with Crippen LogP contribution in [0.1, 0.15) is 50.4 Å². The maximum Gasteiger partial charge on any atom is 0.151 e. The monoisotopic (exact) mass is 360 g/mol. The molecule has 134 valence electrons. The lowest BCUT2D eigenvalue weighted by Crippen LogP contribution is -1.98. The molecule has 1 aromatic carbocycles. The van der Waals surface area contributed by atoms with Crippen LogP contribution < -0.4 is 10.2 Å². The largest absolute Gasteiger partial charge is 0.494 e. The molecular weight excluding hydrogens is 336 g/mol. The van der Waals surface area contributed by atoms with Gasteiger partial charge in [-0.1, -0.05) is 44.2 Å². The fourth-order valence-electron chi connectivity index (χ4n) is 2.31. The minimum Gasteiger partial charge on any atom is -0.494 e. The molecular formula is C19H25ClN4O. The normalized spacial score (nSPS) is 11.0. The Labute approximate surface area is 154 Å². The predicted octanol–water partition coefficient (Wildman–Crippen LogP) is 5.23. The number of aryl methyl sites for hydroxylation is 1. The van der Waals surface area contributed by atoms with Crippen molar-refractivity contribution in [1.29, 1.82) is 0 Å². The van der Waals surface area contributed by atoms with Crippen molar-refractivity contribution >= 4 is 23.6 Å². The van der Waals surface area contributed by atoms with Crippen LogP contribution in [0.3, 0.4) is 0 Å². The molecule has 1 heterocycles. The summed E-state index contributed by atoms with van der Waals surface area (Å²) in [6.07, 6.45) is 7.93. The van der Waals surface area contributed by atoms with Crippen LogP contribution in [0.2, 0.25) is 5.15 Å². The second-order valence-electron chi connectivity index (χ2n) is 5.82. The standard InChI is InChI=1S/C19H25ClN4O/c1-3-4-5-6-7-12-25-17-10-8-16(9-11-17)14-21-24-19-13-18(20)22-15(2)23-19/h8-11,13-14H,3-7,12H2,1-2H3,(H,22,23,24)/b21-14+. The second kappa shape index (κ2) is 10.7. The first-order valence-electron chi connectivity index (χ1n) is 8.70. The summed E-state index contributed by atoms with van der Waals surface area (Å²) in [5, 5.41) is 4.55. The molecule has 0 radical (unpaired) electrons. The zero-order valence-corrected chi connectivity index (χ0v) is 15.6. The van der Waals surface area contributed by atoms with Crippen LogP contribution in [0.25, 0.3) is 0 Å². The molecule has 0 saturated heterocycles. The van der Waals surface area contributed by atoms with E-state index in [9.17, 15) is 0 Å². The van der Waals surface area contributed by atoms with E-state index in [0.29, 0.717) is 16.8 Å². The summed E-state index contributed by atoms with van der Waals surface area (Å²) in [6.45, 7) is 4.77. The van der Waals surface area contributed by atoms with Gasteiger partial charge in [-0.2, -0.15) is 5.10 Å². The molecule has 0 saturated carbocycles. The number of rotatable bonds is 10. The highest BCUT2D eigenvalue weighted by molar-refractivity contribution is 6.29. The Morgan fingerprint density at radius 3 is 2.60 bits per heavy atom. The van der Waals surface area contributed by atoms with Gasteiger partial charge in [-0.15, -0.1) is 0 Å². The quantitative estimate of drug-likeness (QED) is 0.272. The molecule has 0 aliphatic heterocycles. The van der Waals surface area contributed by atoms with Crippen molar-refractivity contribution in [3.8, 4) is 5.75 Å². The first-order chi connectivity index (χ1) is 12.2. The third kappa shape index (κ3) is 7.52. The third-order valence-electron chi connectivity index (χ3n) is 3.60. The Bertz CT molecular complexity index is 653. The smallest absolute Gasteiger partial charge is 0.151 e. The minimum atomic E-state index is 0.390. The number of hydrazone groups is 1. The van der Waals surface area contributed by atoms with E-state index in [4.69, 9.17) is 16.3 Å². The van der Waals surface area contributed by atoms with E-state index in [-0.39, 0.29) is 0 Å². The number of anilines is 1. The molecule has 0 aliphatic carbocycles. The number of benzene rings is 1. The molecule has 1 aromatic heterocycles. The van der Waals surface area contributed by atoms with Crippen molar-refractivity contribution in [2.24, 2.45) is 5.10 Å². The van der Waals surface area contributed by atoms with Gasteiger partial charge >= 0.3 is 0 Å². The molecule has 0 unspecified atom stereocenters. The highest BCUT2D eigenvalue weighted by atomic mass is 35.5. The van der Waals surface area contributed by atoms with E-state index in [1.165, 1.54) is 25.7 Å². The van der Waals surface area contributed by atoms with E-state index in [1.807, 2.05) is 24.3 Å². The number of nitrogens with zero attached hydrogens (tertiary/aromatic N) is 3. The highest BCUT2D eigenvalue weighted by Gasteiger charge is 1.98. The molecule has 0 bridgehead atoms. The van der Waals surface area contributed by atoms with E-state index in [0.717, 1.165) is 24.3 Å². The Morgan fingerprint density at radius 2 is 1.88 bits per heavy atom. The van der Waals surface area contributed by atoms with Gasteiger partial charge < -0.3 is 4.74 Å². The first kappa shape index (κ1) is 19.2. The van der Waals surface area contributed by atoms with Gasteiger partial charge in [0.2, 0.25) is 0 Å². The van der Waals surface area contributed by atoms with Crippen LogP contribution in [0.4, 0.5) is 5.82 Å². The van der Waals surface area contributed by atoms with Crippen molar-refractivity contribution in [3.63, 3.8) is 0 Å². The van der Waals surface area contributed by atoms with E-state index < -0.39 is 0 Å². The number of halogens is 1. The zero-order chi connectivity index (χ0) is 17.9. The Kier molecular flexibility index (Phi) is 8.19. The van der Waals surface area contributed by atoms with Crippen LogP contribution >= 0.6 is 11.6 Å². The van der Waals surface area contributed by atoms with E-state index in [2.05, 4.69) is 27.4 Å². The van der Waals surface area contributed by atoms with Crippen LogP contribution in [-0.2, 0) is 0 Å². The molecule has 0 aliphatic rings. The lowest BCUT2D eigenvalue weighted by atomic mass is 10.2. The van der Waals surface area contributed by atoms with Crippen molar-refractivity contribution in [3.05, 3.63) is 46.9 Å². The molecule has 5 nitrogen and oxygen atoms in total. The summed E-state index contributed by atoms with van der Waals surface area (Å²) >= 11 is 5.88. The molecule has 0 amide bonds. The van der Waals surface area contributed by atoms with Gasteiger partial charge in [0.25, 0.3) is 0 Å². The Hall–Kier alpha value is -2.14. The summed E-state index contributed by atoms with van der Waals surface area (Å²) < 4.78 is 5.75. The van der Waals surface area contributed by atoms with Crippen molar-refractivity contribution in [2.75, 3.05) is 12.0 Å². The summed E-state index contributed by atoms with van der Waals surface area (Å²) in [5.41, 5.74) is 3.82. The molecule has 0 fully saturated rings. The SMILES string of the molecule is CCCCCCCOc1ccc(/C=N/Nc2cc(Cl)nc(C)n2)cc1. The van der Waals surface area contributed by atoms with E-state index >= 15 is 0 Å². The Morgan fingerprint density at radius 1 is 1.12 bits per heavy atom. The number of aromatic nitrogens is 2. The highest BCUT2D eigenvalue weighted by Crippen LogP contribution is 2.13. The number of nitrogens with one attached hydrogen (secondary N) is 1. The van der Waals surface area contributed by atoms with Gasteiger partial charge in [0, 0.05) is 6.07 Å². The summed E-state index contributed by atoms with van der Waals surface area (Å²) in [7, 11) is 0. The second-order valence-corrected chi connectivity index (χ2v) is 6.21. The topological polar surface area (TPSA) is 59.4 Å². The maximum atomic E-state index is 5.88. The van der Waals surface area contributed by atoms with Gasteiger partial charge in [0.15, 0.2) is 5.82 Å². The predicted molar refractivity (Wildman–Crippen MR) is 104 cm³/mol. The van der Waals surface area contributed by atoms with Crippen LogP contribution in [0.5, 0.6) is 5.75 Å². The maximum absolute atomic E-state index is 5.88. The average Bonchev–Trinajstić information content (AvgIpc) is 2.58. The number of unbranched alkanes of at least 4 members (excludes halogenated alkanes) is 4. The first-order valence-corrected chi connectivity index (χ1v) is 9.08. The average molecular weight is 361 g/mol. The number of ether oxygens (including phenoxy) is 1. The van der Waals surface area contributed by atoms with Crippen LogP contribution in [0, 0.1) is 6.92 Å². The third-order valence-corrected chi connectivity index (χ3v) is 3.79. The van der Waals surface area contributed by atoms with Gasteiger partial charge in [0.05, 0.1) is 12.8 Å². The van der Waals surface area contributed by atoms with Crippen molar-refractivity contribution < 1.29 is 4.74 Å². The van der Waals surface area contributed by atoms with Crippen LogP contribution in [0.15, 0.2) is 35.4 Å². The van der Waals surface area contributed by atoms with Gasteiger partial charge in [-0.05, 0) is 43.2 Å². The molecule has 1 N–H and O–H groups in total. The number of hydrogen-bond donors (Lipinski definition) is 1. The lowest BCUT2D eigenvalue weighted by Gasteiger charge is -2.06. The molecule has 0 atom stereocenters. The zero-order valence-electron chi connectivity index (χ0n) is 14.8. The van der Waals surface area contributed by atoms with Gasteiger partial charge in [-0.3, -0.25) is 5.43 Å². The molecule has 6 heteroatoms. The number of hydrogen-bond acceptors (Lipinski definition) is 5. The van der Waals surface area contributed by atoms with Gasteiger partial charge in [0.1, 0.15) is 16.7 Å². The molecule has 2 aromatic rings. The summed E-state index contributed by atoms with van der Waals surface area (Å²) in [4.78, 5) is 8.20. The van der Waals surface area contributed by atoms with E-state index in [1.54, 1.807) is 19.2 Å². The fraction of sp³-hybridized carbons (Fsp3) is 0.421. The van der Waals surface area contributed by atoms with Crippen molar-refractivity contribution in [2.45, 2.75) is 46.0 Å². The lowest BCUT2D eigenvalue weighted by molar-refractivity contribution is 0.304. The molecule has 25 heavy (non-hydrogen) atoms. The Balaban J connectivity index is 1.75. The minimum absolute atomic E-state index is 0.390. The van der Waals surface area contributed by atoms with Crippen LogP contribution in [-0.4, -0.2) is 22.8 Å². The molecule has 2 rings (SSSR count). The van der Waals surface area contributed by atoms with Crippen molar-refractivity contribution in [1.82, 2.24) is 9.97 Å². The fourth-order valence-corrected chi connectivity index (χ4v) is 2.53. The molecule has 0 spiro atoms. The summed E-state index contributed by atoms with van der Waals surface area (Å²) in [5.74, 6) is 2.05. The summed E-state index contributed by atoms with van der Waals surface area (Å²) in [6, 6.07) is 9.48.